The zero-order chi connectivity index (χ0) is 26.8. The number of hydrogen-bond acceptors (Lipinski definition) is 0. The van der Waals surface area contributed by atoms with Crippen LogP contribution < -0.4 is 24.8 Å². The molecule has 0 N–H and O–H groups in total. The Morgan fingerprint density at radius 1 is 0.780 bits per heavy atom. The van der Waals surface area contributed by atoms with Gasteiger partial charge in [-0.25, -0.2) is 0 Å². The predicted octanol–water partition coefficient (Wildman–Crippen LogP) is 3.99. The topological polar surface area (TPSA) is 4.93 Å². The van der Waals surface area contributed by atoms with Gasteiger partial charge in [-0.3, -0.25) is 0 Å². The van der Waals surface area contributed by atoms with Crippen LogP contribution in [0.15, 0.2) is 103 Å². The number of allylic oxidation sites excluding steroid dienone is 1. The van der Waals surface area contributed by atoms with E-state index in [4.69, 9.17) is 0 Å². The number of hydrogen-bond donors (Lipinski definition) is 0. The second-order valence-corrected chi connectivity index (χ2v) is 17.3. The van der Waals surface area contributed by atoms with Gasteiger partial charge >= 0.3 is 26.2 Å². The second kappa shape index (κ2) is 12.3. The van der Waals surface area contributed by atoms with Gasteiger partial charge in [-0.05, 0) is 46.7 Å². The van der Waals surface area contributed by atoms with Crippen molar-refractivity contribution in [3.63, 3.8) is 0 Å². The van der Waals surface area contributed by atoms with Gasteiger partial charge in [0.1, 0.15) is 0 Å². The van der Waals surface area contributed by atoms with Crippen LogP contribution in [0.1, 0.15) is 55.5 Å². The summed E-state index contributed by atoms with van der Waals surface area (Å²) >= 11 is 0. The van der Waals surface area contributed by atoms with Gasteiger partial charge in [-0.2, -0.15) is 6.07 Å². The van der Waals surface area contributed by atoms with Crippen LogP contribution in [0.2, 0.25) is 13.1 Å². The summed E-state index contributed by atoms with van der Waals surface area (Å²) in [5.74, 6) is 0. The molecule has 5 heteroatoms. The number of fused-ring (bicyclic) bond motifs is 1. The standard InChI is InChI=1S/C20H21.C16H17NSi.2ClH.Zr/c1-14-12-16-6-5-7-18(19(16)13-14)15-8-10-17(11-9-15)20(2,3)4;1-11-15-13-9-17(12-7-5-4-6-8-12)10-14(13)16(11)18(15,2)3;;;/h5-13H,1-4H3;4-10,15H,1-3H3;2*1H;/q-1;;;;+3/p-2. The van der Waals surface area contributed by atoms with Crippen LogP contribution in [0.4, 0.5) is 0 Å². The Kier molecular flexibility index (Phi) is 10.0. The molecular formula is C36H38Cl2NSiZr. The van der Waals surface area contributed by atoms with Crippen LogP contribution in [0.5, 0.6) is 0 Å². The van der Waals surface area contributed by atoms with Crippen LogP contribution in [-0.4, -0.2) is 12.6 Å². The largest absolute Gasteiger partial charge is 3.00 e. The van der Waals surface area contributed by atoms with Crippen molar-refractivity contribution in [2.75, 3.05) is 0 Å². The van der Waals surface area contributed by atoms with Crippen LogP contribution >= 0.6 is 0 Å². The van der Waals surface area contributed by atoms with E-state index in [0.29, 0.717) is 0 Å². The maximum Gasteiger partial charge on any atom is 3.00 e. The van der Waals surface area contributed by atoms with Gasteiger partial charge in [0.25, 0.3) is 0 Å². The first-order valence-corrected chi connectivity index (χ1v) is 16.9. The average molecular weight is 675 g/mol. The summed E-state index contributed by atoms with van der Waals surface area (Å²) in [7, 11) is -1.12. The second-order valence-electron chi connectivity index (χ2n) is 12.8. The van der Waals surface area contributed by atoms with Gasteiger partial charge in [0.2, 0.25) is 0 Å². The number of nitrogens with zero attached hydrogens (tertiary/aromatic N) is 1. The van der Waals surface area contributed by atoms with Crippen molar-refractivity contribution < 1.29 is 51.0 Å². The number of aromatic nitrogens is 1. The van der Waals surface area contributed by atoms with Gasteiger partial charge < -0.3 is 29.4 Å². The molecule has 8 rings (SSSR count). The molecule has 4 aromatic carbocycles. The fourth-order valence-electron chi connectivity index (χ4n) is 6.89. The van der Waals surface area contributed by atoms with Gasteiger partial charge in [0.15, 0.2) is 0 Å². The minimum atomic E-state index is -1.12. The van der Waals surface area contributed by atoms with E-state index >= 15 is 0 Å². The smallest absolute Gasteiger partial charge is 1.00 e. The molecule has 2 bridgehead atoms. The monoisotopic (exact) mass is 672 g/mol. The van der Waals surface area contributed by atoms with Crippen LogP contribution in [-0.2, 0) is 31.6 Å². The summed E-state index contributed by atoms with van der Waals surface area (Å²) in [4.78, 5) is 0. The third kappa shape index (κ3) is 5.81. The number of para-hydroxylation sites is 1. The summed E-state index contributed by atoms with van der Waals surface area (Å²) < 4.78 is 2.29. The average Bonchev–Trinajstić information content (AvgIpc) is 3.59. The first-order chi connectivity index (χ1) is 18.1. The maximum atomic E-state index is 2.51. The zero-order valence-corrected chi connectivity index (χ0v) is 30.0. The Bertz CT molecular complexity index is 1690. The molecule has 1 nitrogen and oxygen atoms in total. The zero-order valence-electron chi connectivity index (χ0n) is 25.0. The summed E-state index contributed by atoms with van der Waals surface area (Å²) in [6.45, 7) is 16.3. The quantitative estimate of drug-likeness (QED) is 0.197. The van der Waals surface area contributed by atoms with Crippen molar-refractivity contribution in [1.29, 1.82) is 0 Å². The van der Waals surface area contributed by atoms with Crippen LogP contribution in [0.25, 0.3) is 32.8 Å². The molecular weight excluding hydrogens is 637 g/mol. The molecule has 0 saturated heterocycles. The third-order valence-corrected chi connectivity index (χ3v) is 12.8. The Balaban J connectivity index is 0.000000211. The first kappa shape index (κ1) is 33.5. The van der Waals surface area contributed by atoms with Gasteiger partial charge in [0, 0.05) is 23.6 Å². The summed E-state index contributed by atoms with van der Waals surface area (Å²) in [5, 5.41) is 4.41. The Morgan fingerprint density at radius 3 is 2.02 bits per heavy atom. The summed E-state index contributed by atoms with van der Waals surface area (Å²) in [5.41, 5.74) is 12.4. The van der Waals surface area contributed by atoms with Gasteiger partial charge in [0.05, 0.1) is 8.07 Å². The van der Waals surface area contributed by atoms with Crippen molar-refractivity contribution in [1.82, 2.24) is 4.57 Å². The van der Waals surface area contributed by atoms with Crippen molar-refractivity contribution in [3.05, 3.63) is 125 Å². The van der Waals surface area contributed by atoms with E-state index in [1.807, 2.05) is 0 Å². The predicted molar refractivity (Wildman–Crippen MR) is 167 cm³/mol. The molecule has 5 aromatic rings. The Hall–Kier alpha value is -2.03. The van der Waals surface area contributed by atoms with Crippen molar-refractivity contribution in [2.24, 2.45) is 0 Å². The van der Waals surface area contributed by atoms with Crippen LogP contribution in [0, 0.1) is 6.92 Å². The normalized spacial score (nSPS) is 15.9. The molecule has 0 spiro atoms. The van der Waals surface area contributed by atoms with E-state index in [9.17, 15) is 0 Å². The number of rotatable bonds is 2. The molecule has 1 unspecified atom stereocenters. The van der Waals surface area contributed by atoms with E-state index in [1.54, 1.807) is 16.3 Å². The number of benzene rings is 3. The molecule has 2 aliphatic heterocycles. The van der Waals surface area contributed by atoms with E-state index in [1.165, 1.54) is 44.3 Å². The molecule has 0 saturated carbocycles. The van der Waals surface area contributed by atoms with E-state index in [0.717, 1.165) is 5.54 Å². The van der Waals surface area contributed by atoms with E-state index < -0.39 is 8.07 Å². The van der Waals surface area contributed by atoms with E-state index in [2.05, 4.69) is 150 Å². The Labute approximate surface area is 278 Å². The van der Waals surface area contributed by atoms with Crippen molar-refractivity contribution in [3.8, 4) is 16.8 Å². The molecule has 1 radical (unpaired) electrons. The third-order valence-electron chi connectivity index (χ3n) is 8.64. The molecule has 209 valence electrons. The molecule has 41 heavy (non-hydrogen) atoms. The molecule has 1 aliphatic carbocycles. The minimum Gasteiger partial charge on any atom is -1.00 e. The fourth-order valence-corrected chi connectivity index (χ4v) is 11.2. The minimum absolute atomic E-state index is 0. The van der Waals surface area contributed by atoms with Crippen molar-refractivity contribution >= 4 is 24.0 Å². The molecule has 1 atom stereocenters. The number of aryl methyl sites for hydroxylation is 1. The SMILES string of the molecule is CC1=C2c3cn(-c4ccccc4)cc3C1[Si]2(C)C.Cc1cc2c(-c3ccc(C(C)(C)C)cc3)cccc2[cH-]1.[Cl-].[Cl-].[Zr+3]. The molecule has 3 heterocycles. The maximum absolute atomic E-state index is 2.51. The summed E-state index contributed by atoms with van der Waals surface area (Å²) in [6.07, 6.45) is 4.69. The van der Waals surface area contributed by atoms with Gasteiger partial charge in [-0.15, -0.1) is 34.5 Å². The fraction of sp³-hybridized carbons (Fsp3) is 0.250. The van der Waals surface area contributed by atoms with Crippen molar-refractivity contribution in [2.45, 2.75) is 58.7 Å². The van der Waals surface area contributed by atoms with Crippen LogP contribution in [0.3, 0.4) is 0 Å². The number of halogens is 2. The first-order valence-electron chi connectivity index (χ1n) is 13.8. The van der Waals surface area contributed by atoms with E-state index in [-0.39, 0.29) is 56.4 Å². The molecule has 0 amide bonds. The summed E-state index contributed by atoms with van der Waals surface area (Å²) in [6, 6.07) is 30.7. The van der Waals surface area contributed by atoms with Gasteiger partial charge in [-0.1, -0.05) is 106 Å². The molecule has 1 aromatic heterocycles. The Morgan fingerprint density at radius 2 is 1.44 bits per heavy atom. The molecule has 3 aliphatic rings. The molecule has 0 fully saturated rings.